The first-order valence-electron chi connectivity index (χ1n) is 7.27. The molecule has 4 nitrogen and oxygen atoms in total. The van der Waals surface area contributed by atoms with E-state index in [0.29, 0.717) is 12.1 Å². The van der Waals surface area contributed by atoms with Gasteiger partial charge in [0.1, 0.15) is 0 Å². The first-order chi connectivity index (χ1) is 9.90. The van der Waals surface area contributed by atoms with Crippen LogP contribution in [0.15, 0.2) is 22.7 Å². The van der Waals surface area contributed by atoms with Gasteiger partial charge in [0.2, 0.25) is 0 Å². The molecule has 0 aliphatic carbocycles. The molecule has 116 valence electrons. The zero-order chi connectivity index (χ0) is 15.5. The molecule has 0 unspecified atom stereocenters. The van der Waals surface area contributed by atoms with E-state index in [2.05, 4.69) is 40.0 Å². The summed E-state index contributed by atoms with van der Waals surface area (Å²) in [5, 5.41) is 3.05. The van der Waals surface area contributed by atoms with Crippen LogP contribution in [0.4, 0.5) is 0 Å². The summed E-state index contributed by atoms with van der Waals surface area (Å²) in [6.45, 7) is 10.3. The molecular formula is C16H23BrN2O2. The van der Waals surface area contributed by atoms with Crippen LogP contribution in [0, 0.1) is 6.92 Å². The lowest BCUT2D eigenvalue weighted by molar-refractivity contribution is -0.00923. The molecule has 0 saturated carbocycles. The van der Waals surface area contributed by atoms with Crippen LogP contribution in [0.5, 0.6) is 0 Å². The van der Waals surface area contributed by atoms with Crippen molar-refractivity contribution in [1.29, 1.82) is 0 Å². The Hall–Kier alpha value is -0.910. The van der Waals surface area contributed by atoms with Gasteiger partial charge in [-0.25, -0.2) is 0 Å². The Kier molecular flexibility index (Phi) is 5.41. The molecule has 1 saturated heterocycles. The van der Waals surface area contributed by atoms with Gasteiger partial charge in [-0.1, -0.05) is 6.07 Å². The summed E-state index contributed by atoms with van der Waals surface area (Å²) in [5.41, 5.74) is 1.74. The van der Waals surface area contributed by atoms with Gasteiger partial charge in [0.05, 0.1) is 18.8 Å². The van der Waals surface area contributed by atoms with Gasteiger partial charge in [0, 0.05) is 29.6 Å². The molecule has 0 spiro atoms. The van der Waals surface area contributed by atoms with Crippen LogP contribution in [0.3, 0.4) is 0 Å². The van der Waals surface area contributed by atoms with Crippen LogP contribution in [0.2, 0.25) is 0 Å². The largest absolute Gasteiger partial charge is 0.379 e. The van der Waals surface area contributed by atoms with E-state index in [1.807, 2.05) is 25.1 Å². The van der Waals surface area contributed by atoms with Crippen molar-refractivity contribution in [3.05, 3.63) is 33.8 Å². The van der Waals surface area contributed by atoms with E-state index < -0.39 is 0 Å². The van der Waals surface area contributed by atoms with Crippen LogP contribution in [0.1, 0.15) is 29.8 Å². The maximum absolute atomic E-state index is 12.3. The second-order valence-electron chi connectivity index (χ2n) is 6.08. The number of hydrogen-bond acceptors (Lipinski definition) is 3. The SMILES string of the molecule is Cc1ccc(C(=O)NCC(C)(C)N2CCOCC2)c(Br)c1. The van der Waals surface area contributed by atoms with Crippen LogP contribution in [-0.4, -0.2) is 49.2 Å². The Morgan fingerprint density at radius 2 is 2.05 bits per heavy atom. The molecule has 0 radical (unpaired) electrons. The van der Waals surface area contributed by atoms with Gasteiger partial charge >= 0.3 is 0 Å². The molecule has 21 heavy (non-hydrogen) atoms. The van der Waals surface area contributed by atoms with Gasteiger partial charge in [0.25, 0.3) is 5.91 Å². The number of halogens is 1. The maximum Gasteiger partial charge on any atom is 0.252 e. The molecule has 1 aromatic carbocycles. The summed E-state index contributed by atoms with van der Waals surface area (Å²) in [4.78, 5) is 14.7. The van der Waals surface area contributed by atoms with Crippen molar-refractivity contribution < 1.29 is 9.53 Å². The monoisotopic (exact) mass is 354 g/mol. The zero-order valence-corrected chi connectivity index (χ0v) is 14.5. The quantitative estimate of drug-likeness (QED) is 0.903. The van der Waals surface area contributed by atoms with Crippen LogP contribution in [-0.2, 0) is 4.74 Å². The normalized spacial score (nSPS) is 16.8. The lowest BCUT2D eigenvalue weighted by atomic mass is 10.0. The highest BCUT2D eigenvalue weighted by molar-refractivity contribution is 9.10. The van der Waals surface area contributed by atoms with E-state index in [-0.39, 0.29) is 11.4 Å². The molecule has 1 N–H and O–H groups in total. The van der Waals surface area contributed by atoms with Gasteiger partial charge in [-0.15, -0.1) is 0 Å². The number of aryl methyl sites for hydroxylation is 1. The highest BCUT2D eigenvalue weighted by atomic mass is 79.9. The average molecular weight is 355 g/mol. The van der Waals surface area contributed by atoms with E-state index in [1.54, 1.807) is 0 Å². The van der Waals surface area contributed by atoms with Gasteiger partial charge in [-0.3, -0.25) is 9.69 Å². The number of amides is 1. The summed E-state index contributed by atoms with van der Waals surface area (Å²) in [6.07, 6.45) is 0. The Labute approximate surface area is 135 Å². The van der Waals surface area contributed by atoms with Crippen LogP contribution in [0.25, 0.3) is 0 Å². The van der Waals surface area contributed by atoms with Crippen molar-refractivity contribution >= 4 is 21.8 Å². The fraction of sp³-hybridized carbons (Fsp3) is 0.562. The fourth-order valence-electron chi connectivity index (χ4n) is 2.48. The molecular weight excluding hydrogens is 332 g/mol. The first-order valence-corrected chi connectivity index (χ1v) is 8.06. The van der Waals surface area contributed by atoms with Crippen molar-refractivity contribution in [2.45, 2.75) is 26.3 Å². The minimum atomic E-state index is -0.0728. The third kappa shape index (κ3) is 4.28. The average Bonchev–Trinajstić information content (AvgIpc) is 2.46. The van der Waals surface area contributed by atoms with Gasteiger partial charge < -0.3 is 10.1 Å². The highest BCUT2D eigenvalue weighted by Crippen LogP contribution is 2.19. The Morgan fingerprint density at radius 3 is 2.67 bits per heavy atom. The molecule has 1 aliphatic rings. The van der Waals surface area contributed by atoms with E-state index in [4.69, 9.17) is 4.74 Å². The summed E-state index contributed by atoms with van der Waals surface area (Å²) in [5.74, 6) is -0.0387. The molecule has 1 heterocycles. The predicted octanol–water partition coefficient (Wildman–Crippen LogP) is 2.60. The summed E-state index contributed by atoms with van der Waals surface area (Å²) in [7, 11) is 0. The number of ether oxygens (including phenoxy) is 1. The minimum Gasteiger partial charge on any atom is -0.379 e. The third-order valence-corrected chi connectivity index (χ3v) is 4.57. The molecule has 5 heteroatoms. The number of carbonyl (C=O) groups excluding carboxylic acids is 1. The number of carbonyl (C=O) groups is 1. The lowest BCUT2D eigenvalue weighted by Gasteiger charge is -2.40. The van der Waals surface area contributed by atoms with Gasteiger partial charge in [0.15, 0.2) is 0 Å². The Balaban J connectivity index is 1.96. The standard InChI is InChI=1S/C16H23BrN2O2/c1-12-4-5-13(14(17)10-12)15(20)18-11-16(2,3)19-6-8-21-9-7-19/h4-5,10H,6-9,11H2,1-3H3,(H,18,20). The van der Waals surface area contributed by atoms with Crippen molar-refractivity contribution in [2.75, 3.05) is 32.8 Å². The van der Waals surface area contributed by atoms with Gasteiger partial charge in [-0.2, -0.15) is 0 Å². The van der Waals surface area contributed by atoms with Crippen LogP contribution >= 0.6 is 15.9 Å². The number of nitrogens with one attached hydrogen (secondary N) is 1. The lowest BCUT2D eigenvalue weighted by Crippen LogP contribution is -2.55. The maximum atomic E-state index is 12.3. The summed E-state index contributed by atoms with van der Waals surface area (Å²) in [6, 6.07) is 5.77. The zero-order valence-electron chi connectivity index (χ0n) is 12.9. The second kappa shape index (κ2) is 6.90. The third-order valence-electron chi connectivity index (χ3n) is 3.92. The highest BCUT2D eigenvalue weighted by Gasteiger charge is 2.28. The Bertz CT molecular complexity index is 511. The molecule has 1 fully saturated rings. The second-order valence-corrected chi connectivity index (χ2v) is 6.93. The van der Waals surface area contributed by atoms with Crippen molar-refractivity contribution in [3.63, 3.8) is 0 Å². The van der Waals surface area contributed by atoms with Crippen LogP contribution < -0.4 is 5.32 Å². The van der Waals surface area contributed by atoms with Crippen molar-refractivity contribution in [2.24, 2.45) is 0 Å². The van der Waals surface area contributed by atoms with E-state index in [1.165, 1.54) is 0 Å². The van der Waals surface area contributed by atoms with E-state index in [9.17, 15) is 4.79 Å². The number of morpholine rings is 1. The van der Waals surface area contributed by atoms with E-state index in [0.717, 1.165) is 36.3 Å². The molecule has 1 aromatic rings. The molecule has 0 aromatic heterocycles. The fourth-order valence-corrected chi connectivity index (χ4v) is 3.15. The number of nitrogens with zero attached hydrogens (tertiary/aromatic N) is 1. The Morgan fingerprint density at radius 1 is 1.38 bits per heavy atom. The molecule has 0 atom stereocenters. The number of hydrogen-bond donors (Lipinski definition) is 1. The summed E-state index contributed by atoms with van der Waals surface area (Å²) >= 11 is 3.46. The van der Waals surface area contributed by atoms with Crippen molar-refractivity contribution in [1.82, 2.24) is 10.2 Å². The summed E-state index contributed by atoms with van der Waals surface area (Å²) < 4.78 is 6.22. The molecule has 1 amide bonds. The first kappa shape index (κ1) is 16.5. The van der Waals surface area contributed by atoms with E-state index >= 15 is 0 Å². The van der Waals surface area contributed by atoms with Gasteiger partial charge in [-0.05, 0) is 54.4 Å². The smallest absolute Gasteiger partial charge is 0.252 e. The minimum absolute atomic E-state index is 0.0387. The van der Waals surface area contributed by atoms with Crippen molar-refractivity contribution in [3.8, 4) is 0 Å². The number of benzene rings is 1. The predicted molar refractivity (Wildman–Crippen MR) is 87.7 cm³/mol. The topological polar surface area (TPSA) is 41.6 Å². The number of rotatable bonds is 4. The molecule has 2 rings (SSSR count). The molecule has 0 bridgehead atoms. The molecule has 1 aliphatic heterocycles.